The molecular weight excluding hydrogens is 212 g/mol. The van der Waals surface area contributed by atoms with E-state index in [0.717, 1.165) is 0 Å². The Balaban J connectivity index is 3.99. The highest BCUT2D eigenvalue weighted by atomic mass is 32.2. The number of amides is 1. The van der Waals surface area contributed by atoms with E-state index < -0.39 is 10.8 Å². The molecule has 0 aromatic carbocycles. The van der Waals surface area contributed by atoms with Gasteiger partial charge in [-0.1, -0.05) is 13.8 Å². The lowest BCUT2D eigenvalue weighted by Crippen LogP contribution is -2.40. The average Bonchev–Trinajstić information content (AvgIpc) is 2.15. The normalized spacial score (nSPS) is 17.2. The molecule has 0 aromatic rings. The van der Waals surface area contributed by atoms with Crippen LogP contribution in [0.3, 0.4) is 0 Å². The van der Waals surface area contributed by atoms with E-state index in [9.17, 15) is 9.00 Å². The lowest BCUT2D eigenvalue weighted by molar-refractivity contribution is -0.119. The van der Waals surface area contributed by atoms with E-state index in [1.54, 1.807) is 6.92 Å². The van der Waals surface area contributed by atoms with E-state index in [2.05, 4.69) is 5.32 Å². The lowest BCUT2D eigenvalue weighted by atomic mass is 10.1. The fourth-order valence-corrected chi connectivity index (χ4v) is 1.68. The topological polar surface area (TPSA) is 72.2 Å². The molecule has 3 unspecified atom stereocenters. The van der Waals surface area contributed by atoms with Gasteiger partial charge in [-0.25, -0.2) is 0 Å². The molecule has 0 heterocycles. The number of rotatable bonds is 6. The Morgan fingerprint density at radius 2 is 1.87 bits per heavy atom. The Kier molecular flexibility index (Phi) is 6.76. The van der Waals surface area contributed by atoms with Crippen LogP contribution in [0.25, 0.3) is 0 Å². The fraction of sp³-hybridized carbons (Fsp3) is 0.900. The molecule has 0 bridgehead atoms. The summed E-state index contributed by atoms with van der Waals surface area (Å²) in [7, 11) is -1.16. The van der Waals surface area contributed by atoms with Crippen molar-refractivity contribution in [3.63, 3.8) is 0 Å². The Morgan fingerprint density at radius 1 is 1.33 bits per heavy atom. The second kappa shape index (κ2) is 6.95. The molecular formula is C10H22N2O2S. The smallest absolute Gasteiger partial charge is 0.232 e. The molecule has 0 radical (unpaired) electrons. The third-order valence-corrected chi connectivity index (χ3v) is 4.08. The first-order valence-electron chi connectivity index (χ1n) is 5.25. The molecule has 0 fully saturated rings. The van der Waals surface area contributed by atoms with Crippen LogP contribution in [0.1, 0.15) is 27.7 Å². The van der Waals surface area contributed by atoms with Crippen LogP contribution in [-0.4, -0.2) is 33.7 Å². The summed E-state index contributed by atoms with van der Waals surface area (Å²) in [5.41, 5.74) is 5.37. The molecule has 5 heteroatoms. The number of nitrogens with one attached hydrogen (secondary N) is 1. The van der Waals surface area contributed by atoms with Crippen LogP contribution in [0.2, 0.25) is 0 Å². The maximum atomic E-state index is 11.5. The summed E-state index contributed by atoms with van der Waals surface area (Å²) in [5, 5.41) is 2.70. The van der Waals surface area contributed by atoms with Crippen molar-refractivity contribution in [1.82, 2.24) is 5.32 Å². The number of hydrogen-bond donors (Lipinski definition) is 2. The fourth-order valence-electron chi connectivity index (χ4n) is 0.841. The van der Waals surface area contributed by atoms with Gasteiger partial charge in [0.25, 0.3) is 0 Å². The second-order valence-corrected chi connectivity index (χ2v) is 6.03. The molecule has 0 aromatic heterocycles. The van der Waals surface area contributed by atoms with Crippen molar-refractivity contribution in [3.8, 4) is 0 Å². The summed E-state index contributed by atoms with van der Waals surface area (Å²) in [6, 6.07) is 0.114. The van der Waals surface area contributed by atoms with Gasteiger partial charge in [0.1, 0.15) is 5.75 Å². The maximum Gasteiger partial charge on any atom is 0.232 e. The molecule has 15 heavy (non-hydrogen) atoms. The van der Waals surface area contributed by atoms with Gasteiger partial charge in [-0.3, -0.25) is 9.00 Å². The molecule has 0 saturated carbocycles. The van der Waals surface area contributed by atoms with E-state index in [1.807, 2.05) is 20.8 Å². The lowest BCUT2D eigenvalue weighted by Gasteiger charge is -2.17. The minimum absolute atomic E-state index is 0.0510. The first-order chi connectivity index (χ1) is 6.88. The molecule has 0 aliphatic rings. The van der Waals surface area contributed by atoms with Gasteiger partial charge in [0.2, 0.25) is 5.91 Å². The summed E-state index contributed by atoms with van der Waals surface area (Å²) < 4.78 is 11.5. The molecule has 0 rings (SSSR count). The van der Waals surface area contributed by atoms with Crippen LogP contribution < -0.4 is 11.1 Å². The summed E-state index contributed by atoms with van der Waals surface area (Å²) in [5.74, 6) is 0.277. The molecule has 90 valence electrons. The Bertz CT molecular complexity index is 231. The molecule has 1 amide bonds. The summed E-state index contributed by atoms with van der Waals surface area (Å²) >= 11 is 0. The van der Waals surface area contributed by atoms with E-state index in [1.165, 1.54) is 0 Å². The maximum absolute atomic E-state index is 11.5. The molecule has 3 N–H and O–H groups in total. The van der Waals surface area contributed by atoms with Crippen LogP contribution in [0.4, 0.5) is 0 Å². The predicted octanol–water partition coefficient (Wildman–Crippen LogP) is 0.243. The predicted molar refractivity (Wildman–Crippen MR) is 64.0 cm³/mol. The van der Waals surface area contributed by atoms with Crippen LogP contribution in [0, 0.1) is 5.92 Å². The monoisotopic (exact) mass is 234 g/mol. The molecule has 4 nitrogen and oxygen atoms in total. The Labute approximate surface area is 94.4 Å². The van der Waals surface area contributed by atoms with Crippen LogP contribution in [0.5, 0.6) is 0 Å². The molecule has 3 atom stereocenters. The summed E-state index contributed by atoms with van der Waals surface area (Å²) in [6.45, 7) is 8.14. The van der Waals surface area contributed by atoms with Crippen molar-refractivity contribution < 1.29 is 9.00 Å². The van der Waals surface area contributed by atoms with Crippen LogP contribution in [-0.2, 0) is 15.6 Å². The van der Waals surface area contributed by atoms with Crippen molar-refractivity contribution in [2.75, 3.05) is 12.3 Å². The third-order valence-electron chi connectivity index (χ3n) is 2.44. The second-order valence-electron chi connectivity index (χ2n) is 4.17. The zero-order chi connectivity index (χ0) is 12.0. The van der Waals surface area contributed by atoms with Crippen LogP contribution in [0.15, 0.2) is 0 Å². The van der Waals surface area contributed by atoms with Gasteiger partial charge < -0.3 is 11.1 Å². The van der Waals surface area contributed by atoms with Crippen molar-refractivity contribution >= 4 is 16.7 Å². The van der Waals surface area contributed by atoms with Gasteiger partial charge in [0.15, 0.2) is 0 Å². The minimum atomic E-state index is -1.16. The third kappa shape index (κ3) is 5.89. The largest absolute Gasteiger partial charge is 0.353 e. The van der Waals surface area contributed by atoms with Gasteiger partial charge in [-0.15, -0.1) is 0 Å². The standard InChI is InChI=1S/C10H22N2O2S/c1-7(2)9(4)12-10(13)6-15(14)8(3)5-11/h7-9H,5-6,11H2,1-4H3,(H,12,13). The van der Waals surface area contributed by atoms with Crippen LogP contribution >= 0.6 is 0 Å². The zero-order valence-corrected chi connectivity index (χ0v) is 10.8. The SMILES string of the molecule is CC(C)C(C)NC(=O)CS(=O)C(C)CN. The van der Waals surface area contributed by atoms with Crippen molar-refractivity contribution in [2.24, 2.45) is 11.7 Å². The first kappa shape index (κ1) is 14.6. The highest BCUT2D eigenvalue weighted by Crippen LogP contribution is 2.00. The Hall–Kier alpha value is -0.420. The highest BCUT2D eigenvalue weighted by Gasteiger charge is 2.16. The quantitative estimate of drug-likeness (QED) is 0.691. The number of nitrogens with two attached hydrogens (primary N) is 1. The van der Waals surface area contributed by atoms with Crippen molar-refractivity contribution in [2.45, 2.75) is 39.0 Å². The molecule has 0 aliphatic carbocycles. The van der Waals surface area contributed by atoms with Gasteiger partial charge >= 0.3 is 0 Å². The molecule has 0 aliphatic heterocycles. The van der Waals surface area contributed by atoms with E-state index in [-0.39, 0.29) is 23.0 Å². The highest BCUT2D eigenvalue weighted by molar-refractivity contribution is 7.86. The zero-order valence-electron chi connectivity index (χ0n) is 9.95. The average molecular weight is 234 g/mol. The van der Waals surface area contributed by atoms with Gasteiger partial charge in [0, 0.05) is 28.6 Å². The van der Waals surface area contributed by atoms with E-state index >= 15 is 0 Å². The van der Waals surface area contributed by atoms with E-state index in [4.69, 9.17) is 5.73 Å². The Morgan fingerprint density at radius 3 is 2.27 bits per heavy atom. The van der Waals surface area contributed by atoms with Gasteiger partial charge in [0.05, 0.1) is 0 Å². The molecule has 0 saturated heterocycles. The van der Waals surface area contributed by atoms with Gasteiger partial charge in [-0.2, -0.15) is 0 Å². The van der Waals surface area contributed by atoms with Crippen molar-refractivity contribution in [3.05, 3.63) is 0 Å². The molecule has 0 spiro atoms. The number of hydrogen-bond acceptors (Lipinski definition) is 3. The summed E-state index contributed by atoms with van der Waals surface area (Å²) in [4.78, 5) is 11.4. The minimum Gasteiger partial charge on any atom is -0.353 e. The number of carbonyl (C=O) groups excluding carboxylic acids is 1. The van der Waals surface area contributed by atoms with Gasteiger partial charge in [-0.05, 0) is 19.8 Å². The first-order valence-corrected chi connectivity index (χ1v) is 6.63. The summed E-state index contributed by atoms with van der Waals surface area (Å²) in [6.07, 6.45) is 0. The van der Waals surface area contributed by atoms with E-state index in [0.29, 0.717) is 12.5 Å². The van der Waals surface area contributed by atoms with Crippen molar-refractivity contribution in [1.29, 1.82) is 0 Å². The number of carbonyl (C=O) groups is 1.